The number of nitrogens with two attached hydrogens (primary N) is 1. The predicted octanol–water partition coefficient (Wildman–Crippen LogP) is 1.12. The molecule has 2 atom stereocenters. The molecular weight excluding hydrogens is 240 g/mol. The molecule has 1 amide bonds. The van der Waals surface area contributed by atoms with Gasteiger partial charge in [0.05, 0.1) is 11.1 Å². The molecule has 1 fully saturated rings. The fourth-order valence-electron chi connectivity index (χ4n) is 2.88. The highest BCUT2D eigenvalue weighted by Gasteiger charge is 2.42. The Balaban J connectivity index is 2.00. The number of amides is 1. The number of hydrogen-bond donors (Lipinski definition) is 2. The lowest BCUT2D eigenvalue weighted by Crippen LogP contribution is -2.47. The van der Waals surface area contributed by atoms with E-state index >= 15 is 0 Å². The number of aryl methyl sites for hydroxylation is 2. The molecule has 5 nitrogen and oxygen atoms in total. The van der Waals surface area contributed by atoms with Crippen molar-refractivity contribution in [3.05, 3.63) is 17.5 Å². The van der Waals surface area contributed by atoms with E-state index in [0.717, 1.165) is 36.9 Å². The maximum Gasteiger partial charge on any atom is 0.227 e. The van der Waals surface area contributed by atoms with E-state index in [1.165, 1.54) is 0 Å². The second-order valence-electron chi connectivity index (χ2n) is 5.73. The first kappa shape index (κ1) is 14.1. The fraction of sp³-hybridized carbons (Fsp3) is 0.714. The van der Waals surface area contributed by atoms with Gasteiger partial charge >= 0.3 is 0 Å². The Hall–Kier alpha value is -1.36. The average Bonchev–Trinajstić information content (AvgIpc) is 2.91. The average molecular weight is 264 g/mol. The standard InChI is InChI=1S/C14H24N4O/c1-4-11-10(9-18(3)17-11)8-16-13(19)14(2)7-5-6-12(14)15/h9,12H,4-8,15H2,1-3H3,(H,16,19). The molecule has 0 saturated heterocycles. The summed E-state index contributed by atoms with van der Waals surface area (Å²) in [5.74, 6) is 0.0726. The molecule has 1 aliphatic rings. The Morgan fingerprint density at radius 3 is 3.00 bits per heavy atom. The van der Waals surface area contributed by atoms with Gasteiger partial charge < -0.3 is 11.1 Å². The summed E-state index contributed by atoms with van der Waals surface area (Å²) in [6, 6.07) is -0.0213. The molecular formula is C14H24N4O. The molecule has 1 aliphatic carbocycles. The van der Waals surface area contributed by atoms with Crippen molar-refractivity contribution < 1.29 is 4.79 Å². The Morgan fingerprint density at radius 2 is 2.42 bits per heavy atom. The molecule has 5 heteroatoms. The van der Waals surface area contributed by atoms with Gasteiger partial charge in [-0.25, -0.2) is 0 Å². The first-order valence-electron chi connectivity index (χ1n) is 7.02. The van der Waals surface area contributed by atoms with Crippen LogP contribution in [0.15, 0.2) is 6.20 Å². The number of carbonyl (C=O) groups is 1. The summed E-state index contributed by atoms with van der Waals surface area (Å²) >= 11 is 0. The van der Waals surface area contributed by atoms with Crippen LogP contribution in [0.1, 0.15) is 44.4 Å². The van der Waals surface area contributed by atoms with E-state index in [9.17, 15) is 4.79 Å². The smallest absolute Gasteiger partial charge is 0.227 e. The third-order valence-electron chi connectivity index (χ3n) is 4.31. The Morgan fingerprint density at radius 1 is 1.68 bits per heavy atom. The van der Waals surface area contributed by atoms with Gasteiger partial charge in [-0.05, 0) is 26.2 Å². The zero-order chi connectivity index (χ0) is 14.0. The number of nitrogens with one attached hydrogen (secondary N) is 1. The second-order valence-corrected chi connectivity index (χ2v) is 5.73. The van der Waals surface area contributed by atoms with E-state index in [1.807, 2.05) is 20.2 Å². The van der Waals surface area contributed by atoms with Crippen LogP contribution in [-0.2, 0) is 24.8 Å². The molecule has 1 saturated carbocycles. The van der Waals surface area contributed by atoms with E-state index in [2.05, 4.69) is 17.3 Å². The first-order valence-corrected chi connectivity index (χ1v) is 7.02. The van der Waals surface area contributed by atoms with Crippen LogP contribution in [0.2, 0.25) is 0 Å². The van der Waals surface area contributed by atoms with Crippen molar-refractivity contribution in [2.24, 2.45) is 18.2 Å². The lowest BCUT2D eigenvalue weighted by atomic mass is 9.84. The number of rotatable bonds is 4. The third kappa shape index (κ3) is 2.66. The van der Waals surface area contributed by atoms with Crippen LogP contribution in [-0.4, -0.2) is 21.7 Å². The van der Waals surface area contributed by atoms with Gasteiger partial charge in [-0.2, -0.15) is 5.10 Å². The fourth-order valence-corrected chi connectivity index (χ4v) is 2.88. The third-order valence-corrected chi connectivity index (χ3v) is 4.31. The molecule has 1 aromatic rings. The van der Waals surface area contributed by atoms with Crippen molar-refractivity contribution in [3.63, 3.8) is 0 Å². The maximum absolute atomic E-state index is 12.3. The summed E-state index contributed by atoms with van der Waals surface area (Å²) in [5.41, 5.74) is 7.79. The van der Waals surface area contributed by atoms with Gasteiger partial charge in [0.15, 0.2) is 0 Å². The van der Waals surface area contributed by atoms with E-state index < -0.39 is 5.41 Å². The molecule has 0 aromatic carbocycles. The highest BCUT2D eigenvalue weighted by atomic mass is 16.2. The second kappa shape index (κ2) is 5.33. The van der Waals surface area contributed by atoms with Gasteiger partial charge in [-0.1, -0.05) is 13.3 Å². The number of carbonyl (C=O) groups excluding carboxylic acids is 1. The minimum Gasteiger partial charge on any atom is -0.351 e. The SMILES string of the molecule is CCc1nn(C)cc1CNC(=O)C1(C)CCCC1N. The number of hydrogen-bond acceptors (Lipinski definition) is 3. The first-order chi connectivity index (χ1) is 8.97. The minimum atomic E-state index is -0.408. The number of nitrogens with zero attached hydrogens (tertiary/aromatic N) is 2. The molecule has 106 valence electrons. The molecule has 19 heavy (non-hydrogen) atoms. The summed E-state index contributed by atoms with van der Waals surface area (Å²) in [6.07, 6.45) is 5.71. The van der Waals surface area contributed by atoms with Gasteiger partial charge in [0.25, 0.3) is 0 Å². The van der Waals surface area contributed by atoms with Gasteiger partial charge in [0.2, 0.25) is 5.91 Å². The van der Waals surface area contributed by atoms with Gasteiger partial charge in [-0.15, -0.1) is 0 Å². The van der Waals surface area contributed by atoms with Gasteiger partial charge in [0, 0.05) is 31.4 Å². The van der Waals surface area contributed by atoms with Crippen LogP contribution in [0.25, 0.3) is 0 Å². The van der Waals surface area contributed by atoms with Crippen LogP contribution >= 0.6 is 0 Å². The monoisotopic (exact) mass is 264 g/mol. The molecule has 0 aliphatic heterocycles. The van der Waals surface area contributed by atoms with E-state index in [4.69, 9.17) is 5.73 Å². The topological polar surface area (TPSA) is 72.9 Å². The molecule has 3 N–H and O–H groups in total. The van der Waals surface area contributed by atoms with Crippen molar-refractivity contribution >= 4 is 5.91 Å². The van der Waals surface area contributed by atoms with Crippen molar-refractivity contribution in [2.45, 2.75) is 52.1 Å². The molecule has 1 heterocycles. The molecule has 2 rings (SSSR count). The molecule has 0 spiro atoms. The molecule has 0 bridgehead atoms. The minimum absolute atomic E-state index is 0.0213. The van der Waals surface area contributed by atoms with E-state index in [1.54, 1.807) is 4.68 Å². The van der Waals surface area contributed by atoms with Gasteiger partial charge in [0.1, 0.15) is 0 Å². The molecule has 0 radical (unpaired) electrons. The summed E-state index contributed by atoms with van der Waals surface area (Å²) in [4.78, 5) is 12.3. The molecule has 1 aromatic heterocycles. The normalized spacial score (nSPS) is 26.6. The van der Waals surface area contributed by atoms with Crippen molar-refractivity contribution in [2.75, 3.05) is 0 Å². The zero-order valence-corrected chi connectivity index (χ0v) is 12.1. The number of aromatic nitrogens is 2. The largest absolute Gasteiger partial charge is 0.351 e. The van der Waals surface area contributed by atoms with Crippen molar-refractivity contribution in [3.8, 4) is 0 Å². The molecule has 2 unspecified atom stereocenters. The highest BCUT2D eigenvalue weighted by molar-refractivity contribution is 5.83. The lowest BCUT2D eigenvalue weighted by molar-refractivity contribution is -0.130. The summed E-state index contributed by atoms with van der Waals surface area (Å²) in [7, 11) is 1.90. The van der Waals surface area contributed by atoms with Crippen molar-refractivity contribution in [1.29, 1.82) is 0 Å². The summed E-state index contributed by atoms with van der Waals surface area (Å²) in [5, 5.41) is 7.41. The quantitative estimate of drug-likeness (QED) is 0.856. The van der Waals surface area contributed by atoms with Gasteiger partial charge in [-0.3, -0.25) is 9.48 Å². The van der Waals surface area contributed by atoms with Crippen LogP contribution in [0.3, 0.4) is 0 Å². The Kier molecular flexibility index (Phi) is 3.94. The van der Waals surface area contributed by atoms with E-state index in [-0.39, 0.29) is 11.9 Å². The predicted molar refractivity (Wildman–Crippen MR) is 74.4 cm³/mol. The van der Waals surface area contributed by atoms with E-state index in [0.29, 0.717) is 6.54 Å². The summed E-state index contributed by atoms with van der Waals surface area (Å²) in [6.45, 7) is 4.59. The maximum atomic E-state index is 12.3. The Labute approximate surface area is 114 Å². The van der Waals surface area contributed by atoms with Crippen molar-refractivity contribution in [1.82, 2.24) is 15.1 Å². The highest BCUT2D eigenvalue weighted by Crippen LogP contribution is 2.36. The van der Waals surface area contributed by atoms with Crippen LogP contribution < -0.4 is 11.1 Å². The van der Waals surface area contributed by atoms with Crippen LogP contribution in [0.4, 0.5) is 0 Å². The van der Waals surface area contributed by atoms with Crippen LogP contribution in [0.5, 0.6) is 0 Å². The lowest BCUT2D eigenvalue weighted by Gasteiger charge is -2.27. The van der Waals surface area contributed by atoms with Crippen LogP contribution in [0, 0.1) is 5.41 Å². The Bertz CT molecular complexity index is 468. The zero-order valence-electron chi connectivity index (χ0n) is 12.1. The summed E-state index contributed by atoms with van der Waals surface area (Å²) < 4.78 is 1.79.